The average Bonchev–Trinajstić information content (AvgIpc) is 3.36. The highest BCUT2D eigenvalue weighted by atomic mass is 32.2. The lowest BCUT2D eigenvalue weighted by Crippen LogP contribution is -2.12. The second-order valence-corrected chi connectivity index (χ2v) is 11.3. The van der Waals surface area contributed by atoms with Crippen LogP contribution in [0.15, 0.2) is 41.0 Å². The van der Waals surface area contributed by atoms with Crippen molar-refractivity contribution in [2.75, 3.05) is 26.0 Å². The van der Waals surface area contributed by atoms with Gasteiger partial charge in [-0.2, -0.15) is 8.42 Å². The number of rotatable bonds is 15. The van der Waals surface area contributed by atoms with Gasteiger partial charge in [0.2, 0.25) is 5.89 Å². The van der Waals surface area contributed by atoms with Crippen molar-refractivity contribution >= 4 is 10.1 Å². The second-order valence-electron chi connectivity index (χ2n) is 9.88. The molecule has 0 bridgehead atoms. The minimum Gasteiger partial charge on any atom is -0.493 e. The van der Waals surface area contributed by atoms with E-state index in [0.717, 1.165) is 53.4 Å². The quantitative estimate of drug-likeness (QED) is 0.152. The predicted molar refractivity (Wildman–Crippen MR) is 161 cm³/mol. The standard InChI is InChI=1S/C30H42N2O3.CH4O3S/c1-6-9-10-11-12-25-19-24(20-31-7-2)13-14-28(25)34-16-15-27-21-35-30(32-27)26-17-22(4)29(33-8-3)23(5)18-26;1-5(2,3)4/h13-14,17-19,21,31H,6-12,15-16,20H2,1-5H3;1H3,(H,2,3,4). The Hall–Kier alpha value is -2.88. The maximum absolute atomic E-state index is 9.19. The molecule has 9 heteroatoms. The summed E-state index contributed by atoms with van der Waals surface area (Å²) in [5.74, 6) is 2.57. The van der Waals surface area contributed by atoms with E-state index in [4.69, 9.17) is 23.4 Å². The molecule has 0 unspecified atom stereocenters. The van der Waals surface area contributed by atoms with Crippen molar-refractivity contribution in [2.45, 2.75) is 79.7 Å². The minimum atomic E-state index is -3.67. The lowest BCUT2D eigenvalue weighted by molar-refractivity contribution is 0.316. The van der Waals surface area contributed by atoms with Crippen molar-refractivity contribution in [3.63, 3.8) is 0 Å². The summed E-state index contributed by atoms with van der Waals surface area (Å²) in [5, 5.41) is 3.42. The van der Waals surface area contributed by atoms with Crippen LogP contribution in [0.1, 0.15) is 74.4 Å². The topological polar surface area (TPSA) is 111 Å². The summed E-state index contributed by atoms with van der Waals surface area (Å²) in [5.41, 5.74) is 6.67. The molecule has 0 saturated heterocycles. The molecule has 0 amide bonds. The normalized spacial score (nSPS) is 11.2. The minimum absolute atomic E-state index is 0.571. The summed E-state index contributed by atoms with van der Waals surface area (Å²) in [6.07, 6.45) is 9.21. The Balaban J connectivity index is 0.00000103. The van der Waals surface area contributed by atoms with Crippen molar-refractivity contribution in [2.24, 2.45) is 0 Å². The highest BCUT2D eigenvalue weighted by Gasteiger charge is 2.13. The summed E-state index contributed by atoms with van der Waals surface area (Å²) in [4.78, 5) is 4.71. The van der Waals surface area contributed by atoms with Crippen molar-refractivity contribution in [1.82, 2.24) is 10.3 Å². The van der Waals surface area contributed by atoms with Crippen molar-refractivity contribution < 1.29 is 26.9 Å². The molecule has 1 heterocycles. The number of hydrogen-bond donors (Lipinski definition) is 2. The van der Waals surface area contributed by atoms with Crippen molar-refractivity contribution in [1.29, 1.82) is 0 Å². The van der Waals surface area contributed by atoms with E-state index in [1.807, 2.05) is 6.92 Å². The molecule has 0 spiro atoms. The first kappa shape index (κ1) is 33.3. The van der Waals surface area contributed by atoms with Gasteiger partial charge in [-0.1, -0.05) is 45.2 Å². The molecule has 222 valence electrons. The Morgan fingerprint density at radius 3 is 2.30 bits per heavy atom. The fraction of sp³-hybridized carbons (Fsp3) is 0.516. The van der Waals surface area contributed by atoms with Crippen LogP contribution in [-0.2, 0) is 29.5 Å². The third kappa shape index (κ3) is 12.1. The molecule has 0 aliphatic carbocycles. The average molecular weight is 575 g/mol. The molecule has 0 radical (unpaired) electrons. The lowest BCUT2D eigenvalue weighted by Gasteiger charge is -2.13. The number of hydrogen-bond acceptors (Lipinski definition) is 7. The number of ether oxygens (including phenoxy) is 2. The largest absolute Gasteiger partial charge is 0.493 e. The summed E-state index contributed by atoms with van der Waals surface area (Å²) in [7, 11) is -3.67. The van der Waals surface area contributed by atoms with Crippen LogP contribution in [-0.4, -0.2) is 44.0 Å². The van der Waals surface area contributed by atoms with Gasteiger partial charge in [0, 0.05) is 18.5 Å². The Labute approximate surface area is 240 Å². The van der Waals surface area contributed by atoms with E-state index >= 15 is 0 Å². The molecule has 40 heavy (non-hydrogen) atoms. The molecule has 0 atom stereocenters. The maximum Gasteiger partial charge on any atom is 0.261 e. The molecule has 0 saturated carbocycles. The third-order valence-corrected chi connectivity index (χ3v) is 6.17. The molecule has 2 aromatic carbocycles. The van der Waals surface area contributed by atoms with E-state index in [1.165, 1.54) is 36.8 Å². The number of oxazole rings is 1. The fourth-order valence-electron chi connectivity index (χ4n) is 4.36. The molecule has 0 aliphatic heterocycles. The fourth-order valence-corrected chi connectivity index (χ4v) is 4.36. The van der Waals surface area contributed by atoms with Gasteiger partial charge in [0.1, 0.15) is 17.8 Å². The Bertz CT molecular complexity index is 1260. The third-order valence-electron chi connectivity index (χ3n) is 6.17. The van der Waals surface area contributed by atoms with Gasteiger partial charge in [0.15, 0.2) is 0 Å². The Morgan fingerprint density at radius 2 is 1.68 bits per heavy atom. The van der Waals surface area contributed by atoms with Gasteiger partial charge >= 0.3 is 0 Å². The van der Waals surface area contributed by atoms with Crippen LogP contribution in [0.2, 0.25) is 0 Å². The number of benzene rings is 2. The first-order chi connectivity index (χ1) is 19.0. The van der Waals surface area contributed by atoms with E-state index < -0.39 is 10.1 Å². The van der Waals surface area contributed by atoms with E-state index in [2.05, 4.69) is 63.3 Å². The predicted octanol–water partition coefficient (Wildman–Crippen LogP) is 6.71. The van der Waals surface area contributed by atoms with Gasteiger partial charge in [-0.3, -0.25) is 4.55 Å². The molecule has 1 aromatic heterocycles. The van der Waals surface area contributed by atoms with Crippen molar-refractivity contribution in [3.05, 3.63) is 64.5 Å². The summed E-state index contributed by atoms with van der Waals surface area (Å²) >= 11 is 0. The highest BCUT2D eigenvalue weighted by Crippen LogP contribution is 2.30. The van der Waals surface area contributed by atoms with E-state index in [9.17, 15) is 8.42 Å². The molecule has 0 fully saturated rings. The monoisotopic (exact) mass is 574 g/mol. The van der Waals surface area contributed by atoms with Gasteiger partial charge < -0.3 is 19.2 Å². The molecular weight excluding hydrogens is 528 g/mol. The number of aromatic nitrogens is 1. The lowest BCUT2D eigenvalue weighted by atomic mass is 10.0. The van der Waals surface area contributed by atoms with E-state index in [0.29, 0.717) is 31.8 Å². The molecule has 2 N–H and O–H groups in total. The van der Waals surface area contributed by atoms with Gasteiger partial charge in [-0.05, 0) is 80.6 Å². The molecule has 8 nitrogen and oxygen atoms in total. The first-order valence-electron chi connectivity index (χ1n) is 14.1. The summed E-state index contributed by atoms with van der Waals surface area (Å²) < 4.78 is 43.7. The van der Waals surface area contributed by atoms with Crippen LogP contribution in [0.3, 0.4) is 0 Å². The first-order valence-corrected chi connectivity index (χ1v) is 16.0. The maximum atomic E-state index is 9.19. The SMILES string of the molecule is CCCCCCc1cc(CNCC)ccc1OCCc1coc(-c2cc(C)c(OCC)c(C)c2)n1.CS(=O)(=O)O. The Morgan fingerprint density at radius 1 is 0.975 bits per heavy atom. The van der Waals surface area contributed by atoms with Gasteiger partial charge in [0.05, 0.1) is 25.2 Å². The van der Waals surface area contributed by atoms with Crippen LogP contribution >= 0.6 is 0 Å². The van der Waals surface area contributed by atoms with E-state index in [1.54, 1.807) is 6.26 Å². The van der Waals surface area contributed by atoms with E-state index in [-0.39, 0.29) is 0 Å². The van der Waals surface area contributed by atoms with Crippen LogP contribution in [0.4, 0.5) is 0 Å². The van der Waals surface area contributed by atoms with Crippen molar-refractivity contribution in [3.8, 4) is 23.0 Å². The van der Waals surface area contributed by atoms with Gasteiger partial charge in [-0.25, -0.2) is 4.98 Å². The smallest absolute Gasteiger partial charge is 0.261 e. The molecule has 3 aromatic rings. The number of nitrogens with one attached hydrogen (secondary N) is 1. The van der Waals surface area contributed by atoms with Crippen LogP contribution in [0.5, 0.6) is 11.5 Å². The zero-order valence-electron chi connectivity index (χ0n) is 24.9. The number of nitrogens with zero attached hydrogens (tertiary/aromatic N) is 1. The van der Waals surface area contributed by atoms with Gasteiger partial charge in [-0.15, -0.1) is 0 Å². The Kier molecular flexibility index (Phi) is 14.2. The zero-order valence-corrected chi connectivity index (χ0v) is 25.7. The van der Waals surface area contributed by atoms with Crippen LogP contribution < -0.4 is 14.8 Å². The summed E-state index contributed by atoms with van der Waals surface area (Å²) in [6.45, 7) is 13.6. The number of unbranched alkanes of at least 4 members (excludes halogenated alkanes) is 3. The van der Waals surface area contributed by atoms with Gasteiger partial charge in [0.25, 0.3) is 10.1 Å². The highest BCUT2D eigenvalue weighted by molar-refractivity contribution is 7.85. The molecule has 3 rings (SSSR count). The van der Waals surface area contributed by atoms with Crippen LogP contribution in [0, 0.1) is 13.8 Å². The number of aryl methyl sites for hydroxylation is 3. The molecular formula is C31H46N2O6S. The second kappa shape index (κ2) is 17.0. The zero-order chi connectivity index (χ0) is 29.5. The summed E-state index contributed by atoms with van der Waals surface area (Å²) in [6, 6.07) is 10.7. The van der Waals surface area contributed by atoms with Crippen LogP contribution in [0.25, 0.3) is 11.5 Å². The molecule has 0 aliphatic rings.